The van der Waals surface area contributed by atoms with Crippen molar-refractivity contribution in [1.82, 2.24) is 9.62 Å². The van der Waals surface area contributed by atoms with Crippen molar-refractivity contribution in [3.8, 4) is 0 Å². The van der Waals surface area contributed by atoms with E-state index in [-0.39, 0.29) is 17.2 Å². The van der Waals surface area contributed by atoms with Crippen LogP contribution in [-0.2, 0) is 27.8 Å². The Morgan fingerprint density at radius 1 is 1.00 bits per heavy atom. The van der Waals surface area contributed by atoms with Gasteiger partial charge in [0.05, 0.1) is 11.3 Å². The van der Waals surface area contributed by atoms with Crippen molar-refractivity contribution in [1.29, 1.82) is 0 Å². The molecule has 1 aliphatic rings. The summed E-state index contributed by atoms with van der Waals surface area (Å²) < 4.78 is 26.8. The van der Waals surface area contributed by atoms with Gasteiger partial charge >= 0.3 is 0 Å². The molecule has 27 heavy (non-hydrogen) atoms. The number of carbonyl (C=O) groups is 1. The molecule has 7 heteroatoms. The lowest BCUT2D eigenvalue weighted by Gasteiger charge is -2.25. The Morgan fingerprint density at radius 3 is 2.37 bits per heavy atom. The normalized spacial score (nSPS) is 15.4. The van der Waals surface area contributed by atoms with Gasteiger partial charge in [0.1, 0.15) is 0 Å². The van der Waals surface area contributed by atoms with Crippen molar-refractivity contribution in [2.45, 2.75) is 37.1 Å². The first-order valence-electron chi connectivity index (χ1n) is 9.05. The summed E-state index contributed by atoms with van der Waals surface area (Å²) in [5, 5.41) is 3.48. The summed E-state index contributed by atoms with van der Waals surface area (Å²) in [5.74, 6) is -0.124. The molecular weight excluding hydrogens is 384 g/mol. The fraction of sp³-hybridized carbons (Fsp3) is 0.350. The van der Waals surface area contributed by atoms with E-state index < -0.39 is 10.0 Å². The molecule has 1 heterocycles. The maximum atomic E-state index is 12.6. The molecule has 1 saturated heterocycles. The van der Waals surface area contributed by atoms with E-state index in [4.69, 9.17) is 11.6 Å². The molecule has 5 nitrogen and oxygen atoms in total. The SMILES string of the molecule is O=C(Cc1ccc(S(=O)(=O)N2CCCCC2)cc1)NCc1cccc(Cl)c1. The number of nitrogens with one attached hydrogen (secondary N) is 1. The molecule has 2 aromatic rings. The Balaban J connectivity index is 1.57. The molecule has 0 unspecified atom stereocenters. The van der Waals surface area contributed by atoms with Crippen LogP contribution >= 0.6 is 11.6 Å². The van der Waals surface area contributed by atoms with Crippen LogP contribution in [0.25, 0.3) is 0 Å². The number of sulfonamides is 1. The highest BCUT2D eigenvalue weighted by Gasteiger charge is 2.25. The van der Waals surface area contributed by atoms with Crippen LogP contribution in [0.4, 0.5) is 0 Å². The number of hydrogen-bond donors (Lipinski definition) is 1. The van der Waals surface area contributed by atoms with Crippen molar-refractivity contribution in [2.24, 2.45) is 0 Å². The van der Waals surface area contributed by atoms with Crippen molar-refractivity contribution < 1.29 is 13.2 Å². The molecule has 1 aliphatic heterocycles. The predicted octanol–water partition coefficient (Wildman–Crippen LogP) is 3.37. The highest BCUT2D eigenvalue weighted by molar-refractivity contribution is 7.89. The predicted molar refractivity (Wildman–Crippen MR) is 106 cm³/mol. The first-order chi connectivity index (χ1) is 12.9. The van der Waals surface area contributed by atoms with E-state index in [9.17, 15) is 13.2 Å². The van der Waals surface area contributed by atoms with Gasteiger partial charge in [-0.3, -0.25) is 4.79 Å². The van der Waals surface area contributed by atoms with Crippen LogP contribution in [0.2, 0.25) is 5.02 Å². The Labute approximate surface area is 165 Å². The Bertz CT molecular complexity index is 892. The van der Waals surface area contributed by atoms with Gasteiger partial charge < -0.3 is 5.32 Å². The van der Waals surface area contributed by atoms with Crippen LogP contribution in [0.15, 0.2) is 53.4 Å². The number of benzene rings is 2. The van der Waals surface area contributed by atoms with E-state index >= 15 is 0 Å². The lowest BCUT2D eigenvalue weighted by atomic mass is 10.1. The zero-order valence-electron chi connectivity index (χ0n) is 15.0. The fourth-order valence-corrected chi connectivity index (χ4v) is 4.86. The third-order valence-electron chi connectivity index (χ3n) is 4.62. The van der Waals surface area contributed by atoms with Crippen molar-refractivity contribution >= 4 is 27.5 Å². The lowest BCUT2D eigenvalue weighted by Crippen LogP contribution is -2.35. The third kappa shape index (κ3) is 5.31. The van der Waals surface area contributed by atoms with Gasteiger partial charge in [0.25, 0.3) is 0 Å². The first-order valence-corrected chi connectivity index (χ1v) is 10.9. The smallest absolute Gasteiger partial charge is 0.243 e. The highest BCUT2D eigenvalue weighted by Crippen LogP contribution is 2.21. The number of piperidine rings is 1. The van der Waals surface area contributed by atoms with Crippen LogP contribution in [0.5, 0.6) is 0 Å². The Kier molecular flexibility index (Phi) is 6.52. The van der Waals surface area contributed by atoms with Gasteiger partial charge in [-0.05, 0) is 48.2 Å². The molecule has 0 spiro atoms. The third-order valence-corrected chi connectivity index (χ3v) is 6.77. The van der Waals surface area contributed by atoms with E-state index in [0.29, 0.717) is 24.7 Å². The van der Waals surface area contributed by atoms with Crippen molar-refractivity contribution in [3.63, 3.8) is 0 Å². The summed E-state index contributed by atoms with van der Waals surface area (Å²) in [7, 11) is -3.44. The topological polar surface area (TPSA) is 66.5 Å². The van der Waals surface area contributed by atoms with Gasteiger partial charge in [-0.25, -0.2) is 8.42 Å². The molecule has 0 saturated carbocycles. The molecule has 0 radical (unpaired) electrons. The van der Waals surface area contributed by atoms with E-state index in [0.717, 1.165) is 30.4 Å². The molecule has 1 amide bonds. The summed E-state index contributed by atoms with van der Waals surface area (Å²) >= 11 is 5.93. The first kappa shape index (κ1) is 19.9. The summed E-state index contributed by atoms with van der Waals surface area (Å²) in [6.07, 6.45) is 3.09. The minimum absolute atomic E-state index is 0.124. The summed E-state index contributed by atoms with van der Waals surface area (Å²) in [6.45, 7) is 1.56. The van der Waals surface area contributed by atoms with Crippen LogP contribution in [0.1, 0.15) is 30.4 Å². The number of amides is 1. The average Bonchev–Trinajstić information content (AvgIpc) is 2.68. The molecule has 1 N–H and O–H groups in total. The van der Waals surface area contributed by atoms with Crippen LogP contribution < -0.4 is 5.32 Å². The number of halogens is 1. The maximum absolute atomic E-state index is 12.6. The second kappa shape index (κ2) is 8.87. The number of hydrogen-bond acceptors (Lipinski definition) is 3. The number of rotatable bonds is 6. The van der Waals surface area contributed by atoms with E-state index in [1.165, 1.54) is 0 Å². The molecule has 0 aliphatic carbocycles. The van der Waals surface area contributed by atoms with Gasteiger partial charge in [-0.1, -0.05) is 42.3 Å². The molecule has 0 bridgehead atoms. The van der Waals surface area contributed by atoms with Crippen LogP contribution in [0.3, 0.4) is 0 Å². The van der Waals surface area contributed by atoms with Gasteiger partial charge in [0.15, 0.2) is 0 Å². The second-order valence-electron chi connectivity index (χ2n) is 6.69. The Hall–Kier alpha value is -1.89. The zero-order chi connectivity index (χ0) is 19.3. The van der Waals surface area contributed by atoms with Crippen LogP contribution in [-0.4, -0.2) is 31.7 Å². The van der Waals surface area contributed by atoms with Gasteiger partial charge in [-0.2, -0.15) is 4.31 Å². The molecular formula is C20H23ClN2O3S. The van der Waals surface area contributed by atoms with Crippen molar-refractivity contribution in [3.05, 3.63) is 64.7 Å². The standard InChI is InChI=1S/C20H23ClN2O3S/c21-18-6-4-5-17(13-18)15-22-20(24)14-16-7-9-19(10-8-16)27(25,26)23-11-2-1-3-12-23/h4-10,13H,1-3,11-12,14-15H2,(H,22,24). The van der Waals surface area contributed by atoms with E-state index in [1.54, 1.807) is 34.6 Å². The zero-order valence-corrected chi connectivity index (χ0v) is 16.6. The molecule has 3 rings (SSSR count). The molecule has 0 aromatic heterocycles. The summed E-state index contributed by atoms with van der Waals surface area (Å²) in [5.41, 5.74) is 1.70. The van der Waals surface area contributed by atoms with Crippen LogP contribution in [0, 0.1) is 0 Å². The average molecular weight is 407 g/mol. The minimum atomic E-state index is -3.44. The van der Waals surface area contributed by atoms with E-state index in [1.807, 2.05) is 18.2 Å². The highest BCUT2D eigenvalue weighted by atomic mass is 35.5. The lowest BCUT2D eigenvalue weighted by molar-refractivity contribution is -0.120. The second-order valence-corrected chi connectivity index (χ2v) is 9.07. The number of carbonyl (C=O) groups excluding carboxylic acids is 1. The molecule has 2 aromatic carbocycles. The van der Waals surface area contributed by atoms with Crippen molar-refractivity contribution in [2.75, 3.05) is 13.1 Å². The minimum Gasteiger partial charge on any atom is -0.352 e. The molecule has 0 atom stereocenters. The number of nitrogens with zero attached hydrogens (tertiary/aromatic N) is 1. The van der Waals surface area contributed by atoms with Gasteiger partial charge in [-0.15, -0.1) is 0 Å². The molecule has 1 fully saturated rings. The largest absolute Gasteiger partial charge is 0.352 e. The fourth-order valence-electron chi connectivity index (χ4n) is 3.13. The van der Waals surface area contributed by atoms with Gasteiger partial charge in [0, 0.05) is 24.7 Å². The summed E-state index contributed by atoms with van der Waals surface area (Å²) in [4.78, 5) is 12.4. The summed E-state index contributed by atoms with van der Waals surface area (Å²) in [6, 6.07) is 13.9. The van der Waals surface area contributed by atoms with Gasteiger partial charge in [0.2, 0.25) is 15.9 Å². The quantitative estimate of drug-likeness (QED) is 0.799. The Morgan fingerprint density at radius 2 is 1.70 bits per heavy atom. The monoisotopic (exact) mass is 406 g/mol. The molecule has 144 valence electrons. The van der Waals surface area contributed by atoms with E-state index in [2.05, 4.69) is 5.32 Å². The maximum Gasteiger partial charge on any atom is 0.243 e.